The van der Waals surface area contributed by atoms with Gasteiger partial charge in [0.1, 0.15) is 0 Å². The molecule has 0 bridgehead atoms. The van der Waals surface area contributed by atoms with Crippen LogP contribution in [0.15, 0.2) is 30.3 Å². The van der Waals surface area contributed by atoms with Gasteiger partial charge in [0.15, 0.2) is 5.72 Å². The van der Waals surface area contributed by atoms with E-state index in [9.17, 15) is 9.90 Å². The fraction of sp³-hybridized carbons (Fsp3) is 0.500. The van der Waals surface area contributed by atoms with Crippen LogP contribution in [0.3, 0.4) is 0 Å². The molecule has 17 heavy (non-hydrogen) atoms. The molecular formula is C14H19NO2. The van der Waals surface area contributed by atoms with Gasteiger partial charge in [0.2, 0.25) is 5.91 Å². The number of hydrogen-bond acceptors (Lipinski definition) is 2. The molecule has 1 fully saturated rings. The lowest BCUT2D eigenvalue weighted by Crippen LogP contribution is -2.48. The standard InChI is InChI=1S/C14H19NO2/c1-12(2)11(16)15-14(17,13(12,3)4)10-8-6-5-7-9-10/h5-9,17H,1-4H3,(H,15,16). The Hall–Kier alpha value is -1.35. The third-order valence-corrected chi connectivity index (χ3v) is 4.52. The summed E-state index contributed by atoms with van der Waals surface area (Å²) in [6.45, 7) is 7.56. The quantitative estimate of drug-likeness (QED) is 0.779. The maximum atomic E-state index is 12.0. The van der Waals surface area contributed by atoms with Crippen LogP contribution in [-0.2, 0) is 10.5 Å². The highest BCUT2D eigenvalue weighted by Gasteiger charge is 2.63. The number of aliphatic hydroxyl groups is 1. The fourth-order valence-electron chi connectivity index (χ4n) is 2.33. The van der Waals surface area contributed by atoms with Crippen LogP contribution in [0.1, 0.15) is 33.3 Å². The van der Waals surface area contributed by atoms with E-state index in [2.05, 4.69) is 5.32 Å². The van der Waals surface area contributed by atoms with Gasteiger partial charge < -0.3 is 10.4 Å². The van der Waals surface area contributed by atoms with Gasteiger partial charge in [-0.3, -0.25) is 4.79 Å². The average molecular weight is 233 g/mol. The largest absolute Gasteiger partial charge is 0.366 e. The first kappa shape index (κ1) is 12.1. The van der Waals surface area contributed by atoms with Gasteiger partial charge in [0.25, 0.3) is 0 Å². The van der Waals surface area contributed by atoms with Crippen molar-refractivity contribution in [2.75, 3.05) is 0 Å². The summed E-state index contributed by atoms with van der Waals surface area (Å²) in [6.07, 6.45) is 0. The van der Waals surface area contributed by atoms with Gasteiger partial charge in [-0.2, -0.15) is 0 Å². The smallest absolute Gasteiger partial charge is 0.228 e. The Balaban J connectivity index is 2.58. The number of benzene rings is 1. The van der Waals surface area contributed by atoms with E-state index in [1.165, 1.54) is 0 Å². The zero-order chi connectivity index (χ0) is 12.9. The second-order valence-electron chi connectivity index (χ2n) is 5.78. The number of carbonyl (C=O) groups excluding carboxylic acids is 1. The number of carbonyl (C=O) groups is 1. The summed E-state index contributed by atoms with van der Waals surface area (Å²) < 4.78 is 0. The predicted molar refractivity (Wildman–Crippen MR) is 66.0 cm³/mol. The van der Waals surface area contributed by atoms with Crippen LogP contribution >= 0.6 is 0 Å². The van der Waals surface area contributed by atoms with Crippen LogP contribution in [0, 0.1) is 10.8 Å². The molecule has 2 rings (SSSR count). The number of hydrogen-bond donors (Lipinski definition) is 2. The molecule has 3 nitrogen and oxygen atoms in total. The summed E-state index contributed by atoms with van der Waals surface area (Å²) in [4.78, 5) is 12.0. The number of rotatable bonds is 1. The zero-order valence-corrected chi connectivity index (χ0v) is 10.7. The van der Waals surface area contributed by atoms with Crippen molar-refractivity contribution in [2.24, 2.45) is 10.8 Å². The van der Waals surface area contributed by atoms with Crippen molar-refractivity contribution < 1.29 is 9.90 Å². The molecule has 1 saturated heterocycles. The SMILES string of the molecule is CC1(C)C(=O)NC(O)(c2ccccc2)C1(C)C. The first-order chi connectivity index (χ1) is 7.73. The number of nitrogens with one attached hydrogen (secondary N) is 1. The third-order valence-electron chi connectivity index (χ3n) is 4.52. The molecule has 1 unspecified atom stereocenters. The monoisotopic (exact) mass is 233 g/mol. The Morgan fingerprint density at radius 2 is 1.59 bits per heavy atom. The first-order valence-electron chi connectivity index (χ1n) is 5.84. The van der Waals surface area contributed by atoms with Crippen LogP contribution in [0.25, 0.3) is 0 Å². The lowest BCUT2D eigenvalue weighted by molar-refractivity contribution is -0.128. The van der Waals surface area contributed by atoms with E-state index in [-0.39, 0.29) is 5.91 Å². The maximum absolute atomic E-state index is 12.0. The van der Waals surface area contributed by atoms with Gasteiger partial charge in [0.05, 0.1) is 5.41 Å². The highest BCUT2D eigenvalue weighted by molar-refractivity contribution is 5.86. The van der Waals surface area contributed by atoms with Crippen molar-refractivity contribution in [1.82, 2.24) is 5.32 Å². The second-order valence-corrected chi connectivity index (χ2v) is 5.78. The van der Waals surface area contributed by atoms with Crippen LogP contribution in [0.5, 0.6) is 0 Å². The van der Waals surface area contributed by atoms with E-state index >= 15 is 0 Å². The van der Waals surface area contributed by atoms with Crippen LogP contribution < -0.4 is 5.32 Å². The fourth-order valence-corrected chi connectivity index (χ4v) is 2.33. The topological polar surface area (TPSA) is 49.3 Å². The second kappa shape index (κ2) is 3.33. The zero-order valence-electron chi connectivity index (χ0n) is 10.7. The normalized spacial score (nSPS) is 30.1. The minimum Gasteiger partial charge on any atom is -0.366 e. The Kier molecular flexibility index (Phi) is 2.37. The van der Waals surface area contributed by atoms with Crippen molar-refractivity contribution in [2.45, 2.75) is 33.4 Å². The van der Waals surface area contributed by atoms with E-state index in [1.807, 2.05) is 58.0 Å². The van der Waals surface area contributed by atoms with Crippen molar-refractivity contribution >= 4 is 5.91 Å². The maximum Gasteiger partial charge on any atom is 0.228 e. The molecule has 1 aromatic carbocycles. The highest BCUT2D eigenvalue weighted by atomic mass is 16.3. The lowest BCUT2D eigenvalue weighted by Gasteiger charge is -2.41. The molecule has 0 spiro atoms. The summed E-state index contributed by atoms with van der Waals surface area (Å²) in [6, 6.07) is 9.29. The third kappa shape index (κ3) is 1.35. The Bertz CT molecular complexity index is 451. The van der Waals surface area contributed by atoms with Crippen molar-refractivity contribution in [1.29, 1.82) is 0 Å². The van der Waals surface area contributed by atoms with Gasteiger partial charge in [0, 0.05) is 11.0 Å². The molecule has 0 radical (unpaired) electrons. The minimum absolute atomic E-state index is 0.117. The van der Waals surface area contributed by atoms with Crippen LogP contribution in [0.2, 0.25) is 0 Å². The first-order valence-corrected chi connectivity index (χ1v) is 5.84. The molecule has 1 amide bonds. The molecule has 1 aromatic rings. The average Bonchev–Trinajstić information content (AvgIpc) is 2.40. The van der Waals surface area contributed by atoms with Gasteiger partial charge >= 0.3 is 0 Å². The van der Waals surface area contributed by atoms with Crippen LogP contribution in [0.4, 0.5) is 0 Å². The summed E-state index contributed by atoms with van der Waals surface area (Å²) >= 11 is 0. The minimum atomic E-state index is -1.31. The van der Waals surface area contributed by atoms with Gasteiger partial charge in [-0.15, -0.1) is 0 Å². The highest BCUT2D eigenvalue weighted by Crippen LogP contribution is 2.54. The molecule has 0 aliphatic carbocycles. The van der Waals surface area contributed by atoms with Gasteiger partial charge in [-0.25, -0.2) is 0 Å². The Labute approximate surface area is 102 Å². The van der Waals surface area contributed by atoms with Gasteiger partial charge in [-0.1, -0.05) is 58.0 Å². The van der Waals surface area contributed by atoms with E-state index in [4.69, 9.17) is 0 Å². The molecule has 2 N–H and O–H groups in total. The molecule has 3 heteroatoms. The van der Waals surface area contributed by atoms with E-state index < -0.39 is 16.6 Å². The Morgan fingerprint density at radius 1 is 1.06 bits per heavy atom. The molecule has 92 valence electrons. The summed E-state index contributed by atoms with van der Waals surface area (Å²) in [5.74, 6) is -0.117. The van der Waals surface area contributed by atoms with Crippen molar-refractivity contribution in [3.05, 3.63) is 35.9 Å². The van der Waals surface area contributed by atoms with Crippen LogP contribution in [-0.4, -0.2) is 11.0 Å². The van der Waals surface area contributed by atoms with Gasteiger partial charge in [-0.05, 0) is 0 Å². The molecule has 0 aromatic heterocycles. The molecule has 1 aliphatic rings. The lowest BCUT2D eigenvalue weighted by atomic mass is 9.64. The molecule has 0 saturated carbocycles. The van der Waals surface area contributed by atoms with Crippen molar-refractivity contribution in [3.63, 3.8) is 0 Å². The summed E-state index contributed by atoms with van der Waals surface area (Å²) in [7, 11) is 0. The summed E-state index contributed by atoms with van der Waals surface area (Å²) in [5.41, 5.74) is -1.78. The molecule has 1 aliphatic heterocycles. The molecule has 1 heterocycles. The van der Waals surface area contributed by atoms with E-state index in [0.29, 0.717) is 0 Å². The predicted octanol–water partition coefficient (Wildman–Crippen LogP) is 2.01. The van der Waals surface area contributed by atoms with E-state index in [1.54, 1.807) is 0 Å². The molecule has 1 atom stereocenters. The number of amides is 1. The Morgan fingerprint density at radius 3 is 2.00 bits per heavy atom. The van der Waals surface area contributed by atoms with Crippen molar-refractivity contribution in [3.8, 4) is 0 Å². The summed E-state index contributed by atoms with van der Waals surface area (Å²) in [5, 5.41) is 13.6. The van der Waals surface area contributed by atoms with E-state index in [0.717, 1.165) is 5.56 Å². The molecular weight excluding hydrogens is 214 g/mol.